The molecule has 0 aromatic heterocycles. The molecule has 0 spiro atoms. The van der Waals surface area contributed by atoms with Crippen LogP contribution in [0.25, 0.3) is 0 Å². The first kappa shape index (κ1) is 25.2. The number of aliphatic hydroxyl groups is 2. The Morgan fingerprint density at radius 3 is 1.50 bits per heavy atom. The number of nitrogens with zero attached hydrogens (tertiary/aromatic N) is 2. The summed E-state index contributed by atoms with van der Waals surface area (Å²) < 4.78 is 11.1. The van der Waals surface area contributed by atoms with Crippen molar-refractivity contribution >= 4 is 23.9 Å². The molecule has 2 heterocycles. The molecule has 2 aliphatic rings. The summed E-state index contributed by atoms with van der Waals surface area (Å²) in [7, 11) is 0. The maximum atomic E-state index is 12.2. The highest BCUT2D eigenvalue weighted by Crippen LogP contribution is 2.21. The second-order valence-electron chi connectivity index (χ2n) is 9.35. The lowest BCUT2D eigenvalue weighted by Gasteiger charge is -2.20. The number of hydrogen-bond donors (Lipinski definition) is 4. The predicted octanol–water partition coefficient (Wildman–Crippen LogP) is -0.173. The molecule has 1 aromatic carbocycles. The van der Waals surface area contributed by atoms with Crippen molar-refractivity contribution in [3.8, 4) is 11.5 Å². The molecular formula is C22H30N4O8. The van der Waals surface area contributed by atoms with E-state index in [9.17, 15) is 29.4 Å². The monoisotopic (exact) mass is 478 g/mol. The first-order chi connectivity index (χ1) is 15.8. The lowest BCUT2D eigenvalue weighted by atomic mass is 10.1. The zero-order chi connectivity index (χ0) is 25.3. The minimum absolute atomic E-state index is 0.175. The van der Waals surface area contributed by atoms with Crippen molar-refractivity contribution in [1.82, 2.24) is 20.4 Å². The van der Waals surface area contributed by atoms with Crippen LogP contribution in [0.1, 0.15) is 27.7 Å². The van der Waals surface area contributed by atoms with E-state index in [0.717, 1.165) is 9.80 Å². The number of rotatable bonds is 10. The average Bonchev–Trinajstić information content (AvgIpc) is 3.07. The third-order valence-corrected chi connectivity index (χ3v) is 5.37. The van der Waals surface area contributed by atoms with Crippen molar-refractivity contribution in [3.63, 3.8) is 0 Å². The van der Waals surface area contributed by atoms with E-state index in [1.165, 1.54) is 6.07 Å². The third kappa shape index (κ3) is 5.57. The number of β-amino-alcohol motifs (C(OH)–C–C–N with tert-alkyl or cyclic N) is 2. The van der Waals surface area contributed by atoms with Crippen LogP contribution in [0.4, 0.5) is 9.59 Å². The highest BCUT2D eigenvalue weighted by molar-refractivity contribution is 6.07. The van der Waals surface area contributed by atoms with Crippen LogP contribution in [-0.4, -0.2) is 93.5 Å². The van der Waals surface area contributed by atoms with E-state index in [1.54, 1.807) is 45.9 Å². The van der Waals surface area contributed by atoms with Crippen LogP contribution < -0.4 is 20.1 Å². The summed E-state index contributed by atoms with van der Waals surface area (Å²) in [6, 6.07) is 5.29. The number of amides is 6. The molecule has 1 aromatic rings. The molecule has 0 radical (unpaired) electrons. The fourth-order valence-electron chi connectivity index (χ4n) is 3.53. The van der Waals surface area contributed by atoms with Crippen molar-refractivity contribution in [2.24, 2.45) is 0 Å². The Balaban J connectivity index is 1.47. The molecule has 12 nitrogen and oxygen atoms in total. The zero-order valence-electron chi connectivity index (χ0n) is 19.5. The van der Waals surface area contributed by atoms with Gasteiger partial charge in [0.05, 0.1) is 13.1 Å². The Kier molecular flexibility index (Phi) is 7.03. The van der Waals surface area contributed by atoms with E-state index in [-0.39, 0.29) is 26.3 Å². The largest absolute Gasteiger partial charge is 0.491 e. The van der Waals surface area contributed by atoms with E-state index in [1.807, 2.05) is 0 Å². The number of benzene rings is 1. The smallest absolute Gasteiger partial charge is 0.325 e. The number of imide groups is 2. The Hall–Kier alpha value is -3.38. The van der Waals surface area contributed by atoms with Gasteiger partial charge in [0.2, 0.25) is 0 Å². The molecule has 2 atom stereocenters. The van der Waals surface area contributed by atoms with Crippen molar-refractivity contribution in [1.29, 1.82) is 0 Å². The lowest BCUT2D eigenvalue weighted by Crippen LogP contribution is -2.42. The van der Waals surface area contributed by atoms with Crippen LogP contribution in [0.5, 0.6) is 11.5 Å². The van der Waals surface area contributed by atoms with Crippen LogP contribution in [0.3, 0.4) is 0 Å². The normalized spacial score (nSPS) is 20.8. The van der Waals surface area contributed by atoms with Gasteiger partial charge in [-0.3, -0.25) is 19.4 Å². The second-order valence-corrected chi connectivity index (χ2v) is 9.35. The number of carbonyl (C=O) groups is 4. The van der Waals surface area contributed by atoms with Gasteiger partial charge in [0.25, 0.3) is 11.8 Å². The Labute approximate surface area is 196 Å². The van der Waals surface area contributed by atoms with Gasteiger partial charge in [-0.1, -0.05) is 6.07 Å². The highest BCUT2D eigenvalue weighted by atomic mass is 16.5. The molecule has 6 amide bonds. The summed E-state index contributed by atoms with van der Waals surface area (Å²) in [6.07, 6.45) is -2.22. The van der Waals surface area contributed by atoms with Crippen molar-refractivity contribution in [3.05, 3.63) is 24.3 Å². The van der Waals surface area contributed by atoms with Gasteiger partial charge in [0.15, 0.2) is 0 Å². The van der Waals surface area contributed by atoms with Gasteiger partial charge in [0.1, 0.15) is 48.0 Å². The molecule has 0 aliphatic carbocycles. The molecule has 4 N–H and O–H groups in total. The standard InChI is InChI=1S/C22H30N4O8/c1-21(2)17(29)25(19(31)23-21)9-13(27)11-33-15-6-5-7-16(8-15)34-12-14(28)10-26-18(30)22(3,4)24-20(26)32/h5-8,13-14,27-28H,9-12H2,1-4H3,(H,23,31)(H,24,32)/t13-,14+. The number of aliphatic hydroxyl groups excluding tert-OH is 2. The minimum atomic E-state index is -1.11. The maximum Gasteiger partial charge on any atom is 0.325 e. The molecule has 3 rings (SSSR count). The van der Waals surface area contributed by atoms with Crippen LogP contribution in [-0.2, 0) is 9.59 Å². The molecule has 0 unspecified atom stereocenters. The summed E-state index contributed by atoms with van der Waals surface area (Å²) in [5.41, 5.74) is -2.04. The number of nitrogens with one attached hydrogen (secondary N) is 2. The highest BCUT2D eigenvalue weighted by Gasteiger charge is 2.45. The third-order valence-electron chi connectivity index (χ3n) is 5.37. The van der Waals surface area contributed by atoms with E-state index in [2.05, 4.69) is 10.6 Å². The second kappa shape index (κ2) is 9.47. The molecule has 2 fully saturated rings. The van der Waals surface area contributed by atoms with Gasteiger partial charge in [-0.05, 0) is 39.8 Å². The predicted molar refractivity (Wildman–Crippen MR) is 118 cm³/mol. The van der Waals surface area contributed by atoms with E-state index >= 15 is 0 Å². The van der Waals surface area contributed by atoms with Crippen LogP contribution >= 0.6 is 0 Å². The fraction of sp³-hybridized carbons (Fsp3) is 0.545. The number of ether oxygens (including phenoxy) is 2. The van der Waals surface area contributed by atoms with Crippen molar-refractivity contribution in [2.75, 3.05) is 26.3 Å². The van der Waals surface area contributed by atoms with Crippen molar-refractivity contribution < 1.29 is 38.9 Å². The first-order valence-electron chi connectivity index (χ1n) is 10.8. The summed E-state index contributed by atoms with van der Waals surface area (Å²) in [4.78, 5) is 50.1. The molecular weight excluding hydrogens is 448 g/mol. The summed E-state index contributed by atoms with van der Waals surface area (Å²) in [6.45, 7) is 5.55. The van der Waals surface area contributed by atoms with E-state index in [4.69, 9.17) is 9.47 Å². The molecule has 186 valence electrons. The lowest BCUT2D eigenvalue weighted by molar-refractivity contribution is -0.132. The fourth-order valence-corrected chi connectivity index (χ4v) is 3.53. The number of hydrogen-bond acceptors (Lipinski definition) is 8. The average molecular weight is 479 g/mol. The summed E-state index contributed by atoms with van der Waals surface area (Å²) in [5.74, 6) is -0.136. The van der Waals surface area contributed by atoms with Crippen LogP contribution in [0.15, 0.2) is 24.3 Å². The molecule has 0 saturated carbocycles. The van der Waals surface area contributed by atoms with Gasteiger partial charge >= 0.3 is 12.1 Å². The number of carbonyl (C=O) groups excluding carboxylic acids is 4. The van der Waals surface area contributed by atoms with E-state index in [0.29, 0.717) is 11.5 Å². The molecule has 0 bridgehead atoms. The molecule has 12 heteroatoms. The Morgan fingerprint density at radius 2 is 1.18 bits per heavy atom. The van der Waals surface area contributed by atoms with E-state index < -0.39 is 47.2 Å². The van der Waals surface area contributed by atoms with Crippen LogP contribution in [0.2, 0.25) is 0 Å². The first-order valence-corrected chi connectivity index (χ1v) is 10.8. The summed E-state index contributed by atoms with van der Waals surface area (Å²) >= 11 is 0. The molecule has 34 heavy (non-hydrogen) atoms. The summed E-state index contributed by atoms with van der Waals surface area (Å²) in [5, 5.41) is 25.5. The van der Waals surface area contributed by atoms with Gasteiger partial charge in [-0.25, -0.2) is 9.59 Å². The minimum Gasteiger partial charge on any atom is -0.491 e. The number of urea groups is 2. The SMILES string of the molecule is CC1(C)NC(=O)N(C[C@H](O)COc2cccc(OC[C@H](O)CN3C(=O)NC(C)(C)C3=O)c2)C1=O. The van der Waals surface area contributed by atoms with Gasteiger partial charge in [-0.2, -0.15) is 0 Å². The zero-order valence-corrected chi connectivity index (χ0v) is 19.5. The Morgan fingerprint density at radius 1 is 0.794 bits per heavy atom. The quantitative estimate of drug-likeness (QED) is 0.338. The van der Waals surface area contributed by atoms with Gasteiger partial charge in [0, 0.05) is 6.07 Å². The van der Waals surface area contributed by atoms with Crippen LogP contribution in [0, 0.1) is 0 Å². The van der Waals surface area contributed by atoms with Gasteiger partial charge < -0.3 is 30.3 Å². The molecule has 2 saturated heterocycles. The Bertz CT molecular complexity index is 906. The topological polar surface area (TPSA) is 158 Å². The van der Waals surface area contributed by atoms with Gasteiger partial charge in [-0.15, -0.1) is 0 Å². The van der Waals surface area contributed by atoms with Crippen molar-refractivity contribution in [2.45, 2.75) is 51.0 Å². The molecule has 2 aliphatic heterocycles. The maximum absolute atomic E-state index is 12.2.